The van der Waals surface area contributed by atoms with Crippen molar-refractivity contribution in [1.82, 2.24) is 10.3 Å². The third-order valence-corrected chi connectivity index (χ3v) is 6.12. The van der Waals surface area contributed by atoms with Gasteiger partial charge in [0.15, 0.2) is 0 Å². The second-order valence-electron chi connectivity index (χ2n) is 9.84. The predicted molar refractivity (Wildman–Crippen MR) is 138 cm³/mol. The van der Waals surface area contributed by atoms with E-state index >= 15 is 0 Å². The van der Waals surface area contributed by atoms with Crippen LogP contribution in [0.15, 0.2) is 35.1 Å². The van der Waals surface area contributed by atoms with Gasteiger partial charge in [-0.25, -0.2) is 4.79 Å². The molecule has 6 nitrogen and oxygen atoms in total. The third kappa shape index (κ3) is 5.27. The Hall–Kier alpha value is -3.28. The number of hydrogen-bond donors (Lipinski definition) is 2. The predicted octanol–water partition coefficient (Wildman–Crippen LogP) is 6.01. The van der Waals surface area contributed by atoms with Gasteiger partial charge in [0.1, 0.15) is 11.4 Å². The first-order valence-corrected chi connectivity index (χ1v) is 11.8. The largest absolute Gasteiger partial charge is 0.496 e. The molecule has 34 heavy (non-hydrogen) atoms. The molecular weight excluding hydrogens is 428 g/mol. The summed E-state index contributed by atoms with van der Waals surface area (Å²) < 4.78 is 11.1. The monoisotopic (exact) mass is 464 g/mol. The average Bonchev–Trinajstić information content (AvgIpc) is 2.77. The van der Waals surface area contributed by atoms with Crippen molar-refractivity contribution in [1.29, 1.82) is 0 Å². The fraction of sp³-hybridized carbons (Fsp3) is 0.429. The molecule has 0 radical (unpaired) electrons. The van der Waals surface area contributed by atoms with Gasteiger partial charge < -0.3 is 19.8 Å². The minimum atomic E-state index is -0.523. The van der Waals surface area contributed by atoms with Gasteiger partial charge in [-0.3, -0.25) is 4.79 Å². The zero-order chi connectivity index (χ0) is 25.2. The number of pyridine rings is 1. The molecule has 0 aliphatic rings. The van der Waals surface area contributed by atoms with Gasteiger partial charge in [-0.15, -0.1) is 0 Å². The number of fused-ring (bicyclic) bond motifs is 1. The van der Waals surface area contributed by atoms with Crippen molar-refractivity contribution in [3.63, 3.8) is 0 Å². The van der Waals surface area contributed by atoms with Gasteiger partial charge in [-0.05, 0) is 75.3 Å². The van der Waals surface area contributed by atoms with Gasteiger partial charge in [-0.1, -0.05) is 38.1 Å². The van der Waals surface area contributed by atoms with Crippen LogP contribution in [0.5, 0.6) is 5.75 Å². The van der Waals surface area contributed by atoms with Crippen molar-refractivity contribution < 1.29 is 14.3 Å². The van der Waals surface area contributed by atoms with Gasteiger partial charge in [-0.2, -0.15) is 0 Å². The number of ether oxygens (including phenoxy) is 2. The summed E-state index contributed by atoms with van der Waals surface area (Å²) in [6.45, 7) is 14.1. The van der Waals surface area contributed by atoms with Crippen LogP contribution in [0.1, 0.15) is 62.8 Å². The van der Waals surface area contributed by atoms with Crippen LogP contribution in [0.2, 0.25) is 0 Å². The second kappa shape index (κ2) is 9.92. The number of carbonyl (C=O) groups excluding carboxylic acids is 1. The molecule has 1 aromatic heterocycles. The number of amides is 1. The number of hydrogen-bond acceptors (Lipinski definition) is 4. The Labute approximate surface area is 201 Å². The Morgan fingerprint density at radius 2 is 1.79 bits per heavy atom. The number of H-pyrrole nitrogens is 1. The van der Waals surface area contributed by atoms with Crippen molar-refractivity contribution >= 4 is 17.0 Å². The fourth-order valence-corrected chi connectivity index (χ4v) is 4.35. The topological polar surface area (TPSA) is 80.4 Å². The lowest BCUT2D eigenvalue weighted by Crippen LogP contribution is -2.34. The molecule has 182 valence electrons. The molecule has 1 amide bonds. The Kier molecular flexibility index (Phi) is 7.39. The molecule has 0 aliphatic carbocycles. The van der Waals surface area contributed by atoms with Crippen LogP contribution in [0.25, 0.3) is 22.0 Å². The summed E-state index contributed by atoms with van der Waals surface area (Å²) in [5.74, 6) is 0.887. The fourth-order valence-electron chi connectivity index (χ4n) is 4.35. The van der Waals surface area contributed by atoms with Crippen LogP contribution >= 0.6 is 0 Å². The molecule has 3 aromatic rings. The minimum Gasteiger partial charge on any atom is -0.496 e. The summed E-state index contributed by atoms with van der Waals surface area (Å²) in [5, 5.41) is 3.86. The molecule has 0 saturated carbocycles. The van der Waals surface area contributed by atoms with E-state index in [-0.39, 0.29) is 11.5 Å². The third-order valence-electron chi connectivity index (χ3n) is 6.12. The maximum absolute atomic E-state index is 12.6. The van der Waals surface area contributed by atoms with Crippen molar-refractivity contribution in [3.05, 3.63) is 62.9 Å². The van der Waals surface area contributed by atoms with E-state index in [2.05, 4.69) is 41.5 Å². The normalized spacial score (nSPS) is 12.5. The average molecular weight is 465 g/mol. The van der Waals surface area contributed by atoms with Gasteiger partial charge >= 0.3 is 6.09 Å². The molecule has 1 heterocycles. The highest BCUT2D eigenvalue weighted by molar-refractivity contribution is 6.02. The molecule has 2 N–H and O–H groups in total. The van der Waals surface area contributed by atoms with Crippen LogP contribution in [0, 0.1) is 13.8 Å². The zero-order valence-electron chi connectivity index (χ0n) is 21.5. The Morgan fingerprint density at radius 3 is 2.35 bits per heavy atom. The number of alkyl carbamates (subject to hydrolysis) is 1. The molecule has 0 spiro atoms. The highest BCUT2D eigenvalue weighted by Gasteiger charge is 2.20. The molecule has 0 bridgehead atoms. The standard InChI is InChI=1S/C28H36N2O4/c1-9-21-18(4)23-24(22(33-8)14-16(2)25(23)30-26(21)31)20-12-10-19(11-13-20)17(3)15-29-27(32)34-28(5,6)7/h10-14,17H,9,15H2,1-8H3,(H,29,32)(H,30,31). The number of nitrogens with one attached hydrogen (secondary N) is 2. The van der Waals surface area contributed by atoms with Crippen molar-refractivity contribution in [2.75, 3.05) is 13.7 Å². The highest BCUT2D eigenvalue weighted by Crippen LogP contribution is 2.40. The van der Waals surface area contributed by atoms with E-state index in [1.54, 1.807) is 7.11 Å². The first-order chi connectivity index (χ1) is 16.0. The van der Waals surface area contributed by atoms with E-state index in [0.29, 0.717) is 13.0 Å². The van der Waals surface area contributed by atoms with E-state index in [9.17, 15) is 9.59 Å². The maximum Gasteiger partial charge on any atom is 0.407 e. The lowest BCUT2D eigenvalue weighted by molar-refractivity contribution is 0.0525. The van der Waals surface area contributed by atoms with Crippen LogP contribution in [0.3, 0.4) is 0 Å². The molecule has 1 unspecified atom stereocenters. The summed E-state index contributed by atoms with van der Waals surface area (Å²) in [5.41, 5.74) is 6.12. The van der Waals surface area contributed by atoms with Gasteiger partial charge in [0.2, 0.25) is 0 Å². The van der Waals surface area contributed by atoms with E-state index in [0.717, 1.165) is 50.0 Å². The van der Waals surface area contributed by atoms with E-state index < -0.39 is 11.7 Å². The highest BCUT2D eigenvalue weighted by atomic mass is 16.6. The Morgan fingerprint density at radius 1 is 1.15 bits per heavy atom. The summed E-state index contributed by atoms with van der Waals surface area (Å²) in [6.07, 6.45) is 0.247. The molecule has 0 saturated heterocycles. The van der Waals surface area contributed by atoms with Crippen LogP contribution in [0.4, 0.5) is 4.79 Å². The van der Waals surface area contributed by atoms with E-state index in [4.69, 9.17) is 9.47 Å². The molecule has 1 atom stereocenters. The van der Waals surface area contributed by atoms with Gasteiger partial charge in [0.05, 0.1) is 12.6 Å². The number of carbonyl (C=O) groups is 1. The zero-order valence-corrected chi connectivity index (χ0v) is 21.5. The second-order valence-corrected chi connectivity index (χ2v) is 9.84. The summed E-state index contributed by atoms with van der Waals surface area (Å²) in [4.78, 5) is 27.7. The quantitative estimate of drug-likeness (QED) is 0.468. The number of aromatic nitrogens is 1. The van der Waals surface area contributed by atoms with Crippen molar-refractivity contribution in [3.8, 4) is 16.9 Å². The number of methoxy groups -OCH3 is 1. The SMILES string of the molecule is CCc1c(C)c2c(-c3ccc(C(C)CNC(=O)OC(C)(C)C)cc3)c(OC)cc(C)c2[nH]c1=O. The molecule has 0 aliphatic heterocycles. The Bertz CT molecular complexity index is 1250. The number of benzene rings is 2. The smallest absolute Gasteiger partial charge is 0.407 e. The Balaban J connectivity index is 1.98. The van der Waals surface area contributed by atoms with E-state index in [1.807, 2.05) is 47.6 Å². The molecular formula is C28H36N2O4. The number of aromatic amines is 1. The van der Waals surface area contributed by atoms with E-state index in [1.165, 1.54) is 0 Å². The summed E-state index contributed by atoms with van der Waals surface area (Å²) in [7, 11) is 1.67. The van der Waals surface area contributed by atoms with Crippen LogP contribution < -0.4 is 15.6 Å². The van der Waals surface area contributed by atoms with Gasteiger partial charge in [0, 0.05) is 23.1 Å². The lowest BCUT2D eigenvalue weighted by Gasteiger charge is -2.21. The van der Waals surface area contributed by atoms with Crippen LogP contribution in [-0.4, -0.2) is 30.3 Å². The molecule has 6 heteroatoms. The lowest BCUT2D eigenvalue weighted by atomic mass is 9.90. The first-order valence-electron chi connectivity index (χ1n) is 11.8. The van der Waals surface area contributed by atoms with Crippen LogP contribution in [-0.2, 0) is 11.2 Å². The number of rotatable bonds is 6. The van der Waals surface area contributed by atoms with Gasteiger partial charge in [0.25, 0.3) is 5.56 Å². The summed E-state index contributed by atoms with van der Waals surface area (Å²) >= 11 is 0. The molecule has 2 aromatic carbocycles. The maximum atomic E-state index is 12.6. The number of aryl methyl sites for hydroxylation is 2. The summed E-state index contributed by atoms with van der Waals surface area (Å²) in [6, 6.07) is 10.3. The van der Waals surface area contributed by atoms with Crippen molar-refractivity contribution in [2.45, 2.75) is 66.4 Å². The van der Waals surface area contributed by atoms with Crippen molar-refractivity contribution in [2.24, 2.45) is 0 Å². The minimum absolute atomic E-state index is 0.0339. The first kappa shape index (κ1) is 25.3. The molecule has 3 rings (SSSR count). The molecule has 0 fully saturated rings.